The van der Waals surface area contributed by atoms with Crippen LogP contribution in [0.15, 0.2) is 24.3 Å². The van der Waals surface area contributed by atoms with Crippen molar-refractivity contribution in [1.29, 1.82) is 0 Å². The second-order valence-electron chi connectivity index (χ2n) is 5.28. The topological polar surface area (TPSA) is 21.3 Å². The number of benzene rings is 1. The zero-order valence-corrected chi connectivity index (χ0v) is 12.3. The van der Waals surface area contributed by atoms with Gasteiger partial charge in [0.05, 0.1) is 0 Å². The molecule has 0 radical (unpaired) electrons. The van der Waals surface area contributed by atoms with E-state index in [0.717, 1.165) is 17.9 Å². The van der Waals surface area contributed by atoms with Crippen molar-refractivity contribution in [3.05, 3.63) is 41.0 Å². The molecule has 0 fully saturated rings. The van der Waals surface area contributed by atoms with Gasteiger partial charge in [-0.15, -0.1) is 0 Å². The minimum absolute atomic E-state index is 0.477. The van der Waals surface area contributed by atoms with Crippen LogP contribution in [0.5, 0.6) is 5.75 Å². The van der Waals surface area contributed by atoms with Crippen molar-refractivity contribution in [2.24, 2.45) is 0 Å². The summed E-state index contributed by atoms with van der Waals surface area (Å²) in [7, 11) is 0. The van der Waals surface area contributed by atoms with E-state index < -0.39 is 0 Å². The van der Waals surface area contributed by atoms with Crippen LogP contribution in [-0.2, 0) is 0 Å². The van der Waals surface area contributed by atoms with Crippen molar-refractivity contribution in [2.75, 3.05) is 13.2 Å². The highest BCUT2D eigenvalue weighted by Gasteiger charge is 2.05. The Labute approximate surface area is 111 Å². The fourth-order valence-electron chi connectivity index (χ4n) is 1.73. The SMILES string of the molecule is C=C(CNC(C)C)COc1cc(C)cc(C)c1C. The average Bonchev–Trinajstić information content (AvgIpc) is 2.29. The second kappa shape index (κ2) is 6.60. The molecule has 1 rings (SSSR count). The molecule has 0 aromatic heterocycles. The third kappa shape index (κ3) is 4.53. The number of hydrogen-bond donors (Lipinski definition) is 1. The first-order chi connectivity index (χ1) is 8.40. The lowest BCUT2D eigenvalue weighted by molar-refractivity contribution is 0.344. The van der Waals surface area contributed by atoms with Gasteiger partial charge in [0.15, 0.2) is 0 Å². The monoisotopic (exact) mass is 247 g/mol. The van der Waals surface area contributed by atoms with E-state index in [0.29, 0.717) is 12.6 Å². The van der Waals surface area contributed by atoms with Gasteiger partial charge in [-0.2, -0.15) is 0 Å². The van der Waals surface area contributed by atoms with Crippen LogP contribution in [0.25, 0.3) is 0 Å². The summed E-state index contributed by atoms with van der Waals surface area (Å²) >= 11 is 0. The largest absolute Gasteiger partial charge is 0.489 e. The summed E-state index contributed by atoms with van der Waals surface area (Å²) in [5, 5.41) is 3.34. The van der Waals surface area contributed by atoms with Gasteiger partial charge in [-0.1, -0.05) is 26.5 Å². The zero-order chi connectivity index (χ0) is 13.7. The first-order valence-electron chi connectivity index (χ1n) is 6.51. The van der Waals surface area contributed by atoms with Crippen molar-refractivity contribution in [3.8, 4) is 5.75 Å². The molecule has 1 aromatic carbocycles. The normalized spacial score (nSPS) is 10.8. The van der Waals surface area contributed by atoms with Gasteiger partial charge in [-0.3, -0.25) is 0 Å². The predicted molar refractivity (Wildman–Crippen MR) is 78.4 cm³/mol. The smallest absolute Gasteiger partial charge is 0.123 e. The van der Waals surface area contributed by atoms with Crippen LogP contribution >= 0.6 is 0 Å². The summed E-state index contributed by atoms with van der Waals surface area (Å²) in [4.78, 5) is 0. The van der Waals surface area contributed by atoms with E-state index in [9.17, 15) is 0 Å². The molecule has 0 aliphatic carbocycles. The Kier molecular flexibility index (Phi) is 5.42. The van der Waals surface area contributed by atoms with Gasteiger partial charge >= 0.3 is 0 Å². The molecule has 0 saturated heterocycles. The lowest BCUT2D eigenvalue weighted by Crippen LogP contribution is -2.26. The Hall–Kier alpha value is -1.28. The lowest BCUT2D eigenvalue weighted by Gasteiger charge is -2.15. The summed E-state index contributed by atoms with van der Waals surface area (Å²) in [6.45, 7) is 16.0. The van der Waals surface area contributed by atoms with Gasteiger partial charge in [-0.25, -0.2) is 0 Å². The Morgan fingerprint density at radius 3 is 2.56 bits per heavy atom. The summed E-state index contributed by atoms with van der Waals surface area (Å²) in [6, 6.07) is 4.74. The highest BCUT2D eigenvalue weighted by Crippen LogP contribution is 2.23. The van der Waals surface area contributed by atoms with E-state index in [2.05, 4.69) is 58.6 Å². The highest BCUT2D eigenvalue weighted by molar-refractivity contribution is 5.42. The maximum atomic E-state index is 5.85. The molecule has 18 heavy (non-hydrogen) atoms. The number of aryl methyl sites for hydroxylation is 2. The Balaban J connectivity index is 2.56. The maximum absolute atomic E-state index is 5.85. The van der Waals surface area contributed by atoms with Gasteiger partial charge in [0.25, 0.3) is 0 Å². The van der Waals surface area contributed by atoms with Gasteiger partial charge in [0, 0.05) is 12.6 Å². The predicted octanol–water partition coefficient (Wildman–Crippen LogP) is 3.54. The summed E-state index contributed by atoms with van der Waals surface area (Å²) in [5.74, 6) is 0.971. The molecule has 1 aromatic rings. The van der Waals surface area contributed by atoms with E-state index in [4.69, 9.17) is 4.74 Å². The van der Waals surface area contributed by atoms with Crippen molar-refractivity contribution in [1.82, 2.24) is 5.32 Å². The van der Waals surface area contributed by atoms with Crippen LogP contribution in [-0.4, -0.2) is 19.2 Å². The molecule has 0 atom stereocenters. The minimum Gasteiger partial charge on any atom is -0.489 e. The van der Waals surface area contributed by atoms with E-state index in [1.54, 1.807) is 0 Å². The van der Waals surface area contributed by atoms with Gasteiger partial charge in [0.1, 0.15) is 12.4 Å². The van der Waals surface area contributed by atoms with Crippen LogP contribution < -0.4 is 10.1 Å². The number of rotatable bonds is 6. The molecule has 0 amide bonds. The van der Waals surface area contributed by atoms with E-state index in [1.807, 2.05) is 0 Å². The molecule has 0 bridgehead atoms. The number of ether oxygens (including phenoxy) is 1. The van der Waals surface area contributed by atoms with Crippen molar-refractivity contribution >= 4 is 0 Å². The fraction of sp³-hybridized carbons (Fsp3) is 0.500. The van der Waals surface area contributed by atoms with E-state index in [1.165, 1.54) is 16.7 Å². The van der Waals surface area contributed by atoms with Crippen LogP contribution in [0.3, 0.4) is 0 Å². The molecule has 0 saturated carbocycles. The average molecular weight is 247 g/mol. The molecule has 2 heteroatoms. The molecule has 0 spiro atoms. The molecule has 0 heterocycles. The fourth-order valence-corrected chi connectivity index (χ4v) is 1.73. The maximum Gasteiger partial charge on any atom is 0.123 e. The first-order valence-corrected chi connectivity index (χ1v) is 6.51. The molecular weight excluding hydrogens is 222 g/mol. The first kappa shape index (κ1) is 14.8. The minimum atomic E-state index is 0.477. The van der Waals surface area contributed by atoms with Gasteiger partial charge in [0.2, 0.25) is 0 Å². The third-order valence-corrected chi connectivity index (χ3v) is 2.96. The summed E-state index contributed by atoms with van der Waals surface area (Å²) < 4.78 is 5.85. The van der Waals surface area contributed by atoms with Crippen LogP contribution in [0.4, 0.5) is 0 Å². The Morgan fingerprint density at radius 2 is 1.94 bits per heavy atom. The standard InChI is InChI=1S/C16H25NO/c1-11(2)17-9-13(4)10-18-16-8-12(3)7-14(5)15(16)6/h7-8,11,17H,4,9-10H2,1-3,5-6H3. The number of hydrogen-bond acceptors (Lipinski definition) is 2. The van der Waals surface area contributed by atoms with E-state index in [-0.39, 0.29) is 0 Å². The quantitative estimate of drug-likeness (QED) is 0.776. The summed E-state index contributed by atoms with van der Waals surface area (Å²) in [6.07, 6.45) is 0. The van der Waals surface area contributed by atoms with Gasteiger partial charge < -0.3 is 10.1 Å². The van der Waals surface area contributed by atoms with E-state index >= 15 is 0 Å². The highest BCUT2D eigenvalue weighted by atomic mass is 16.5. The molecule has 0 unspecified atom stereocenters. The lowest BCUT2D eigenvalue weighted by atomic mass is 10.1. The van der Waals surface area contributed by atoms with Crippen LogP contribution in [0.1, 0.15) is 30.5 Å². The molecular formula is C16H25NO. The van der Waals surface area contributed by atoms with Crippen LogP contribution in [0.2, 0.25) is 0 Å². The third-order valence-electron chi connectivity index (χ3n) is 2.96. The molecule has 1 N–H and O–H groups in total. The Morgan fingerprint density at radius 1 is 1.28 bits per heavy atom. The Bertz CT molecular complexity index is 421. The molecule has 0 aliphatic rings. The van der Waals surface area contributed by atoms with Crippen molar-refractivity contribution in [3.63, 3.8) is 0 Å². The number of nitrogens with one attached hydrogen (secondary N) is 1. The molecule has 2 nitrogen and oxygen atoms in total. The van der Waals surface area contributed by atoms with Crippen LogP contribution in [0, 0.1) is 20.8 Å². The molecule has 100 valence electrons. The van der Waals surface area contributed by atoms with Crippen molar-refractivity contribution < 1.29 is 4.74 Å². The van der Waals surface area contributed by atoms with Gasteiger partial charge in [-0.05, 0) is 49.1 Å². The molecule has 0 aliphatic heterocycles. The zero-order valence-electron chi connectivity index (χ0n) is 12.3. The second-order valence-corrected chi connectivity index (χ2v) is 5.28. The summed E-state index contributed by atoms with van der Waals surface area (Å²) in [5.41, 5.74) is 4.79. The van der Waals surface area contributed by atoms with Crippen molar-refractivity contribution in [2.45, 2.75) is 40.7 Å².